The number of hydrogen-bond acceptors (Lipinski definition) is 1. The molecule has 204 valence electrons. The summed E-state index contributed by atoms with van der Waals surface area (Å²) in [5.74, 6) is -0.657. The molecule has 0 radical (unpaired) electrons. The predicted molar refractivity (Wildman–Crippen MR) is 174 cm³/mol. The number of hydrogen-bond donors (Lipinski definition) is 1. The minimum atomic E-state index is -0.657. The van der Waals surface area contributed by atoms with Gasteiger partial charge in [-0.2, -0.15) is 0 Å². The maximum atomic E-state index is 10.3. The van der Waals surface area contributed by atoms with Gasteiger partial charge >= 0.3 is 5.97 Å². The lowest BCUT2D eigenvalue weighted by molar-refractivity contribution is -0.137. The van der Waals surface area contributed by atoms with Crippen molar-refractivity contribution in [1.82, 2.24) is 0 Å². The minimum Gasteiger partial charge on any atom is -0.481 e. The molecule has 0 heterocycles. The zero-order valence-electron chi connectivity index (χ0n) is 23.8. The minimum absolute atomic E-state index is 0.344. The average molecular weight is 529 g/mol. The molecule has 0 unspecified atom stereocenters. The van der Waals surface area contributed by atoms with Gasteiger partial charge < -0.3 is 5.11 Å². The number of rotatable bonds is 12. The van der Waals surface area contributed by atoms with Crippen LogP contribution >= 0.6 is 0 Å². The van der Waals surface area contributed by atoms with Crippen LogP contribution < -0.4 is 0 Å². The van der Waals surface area contributed by atoms with Crippen LogP contribution in [0.1, 0.15) is 84.0 Å². The Hall–Kier alpha value is -3.65. The molecule has 0 aliphatic carbocycles. The molecule has 0 aromatic heterocycles. The molecule has 0 saturated heterocycles. The highest BCUT2D eigenvalue weighted by Crippen LogP contribution is 2.47. The third-order valence-corrected chi connectivity index (χ3v) is 8.88. The van der Waals surface area contributed by atoms with E-state index in [1.54, 1.807) is 0 Å². The summed E-state index contributed by atoms with van der Waals surface area (Å²) >= 11 is 0. The fraction of sp³-hybridized carbons (Fsp3) is 0.342. The fourth-order valence-electron chi connectivity index (χ4n) is 6.83. The van der Waals surface area contributed by atoms with E-state index in [1.165, 1.54) is 122 Å². The SMILES string of the molecule is CCCCCCCCCCCCCC(=O)O.c1cc2ccc3ccc4ccc5ccc6ccc1c1c2c3c4c5c61. The van der Waals surface area contributed by atoms with Crippen LogP contribution in [0.2, 0.25) is 0 Å². The first-order valence-corrected chi connectivity index (χ1v) is 15.5. The van der Waals surface area contributed by atoms with E-state index in [2.05, 4.69) is 79.7 Å². The van der Waals surface area contributed by atoms with Crippen molar-refractivity contribution in [2.24, 2.45) is 0 Å². The van der Waals surface area contributed by atoms with Crippen molar-refractivity contribution in [3.63, 3.8) is 0 Å². The molecule has 2 heteroatoms. The van der Waals surface area contributed by atoms with Crippen molar-refractivity contribution < 1.29 is 9.90 Å². The first kappa shape index (κ1) is 26.6. The third-order valence-electron chi connectivity index (χ3n) is 8.88. The Morgan fingerprint density at radius 1 is 0.425 bits per heavy atom. The molecule has 0 amide bonds. The van der Waals surface area contributed by atoms with Crippen LogP contribution in [0.3, 0.4) is 0 Å². The van der Waals surface area contributed by atoms with Crippen molar-refractivity contribution in [2.45, 2.75) is 84.0 Å². The van der Waals surface area contributed by atoms with Gasteiger partial charge in [-0.05, 0) is 71.1 Å². The Labute approximate surface area is 237 Å². The molecule has 7 rings (SSSR count). The first-order chi connectivity index (χ1) is 19.7. The second-order valence-corrected chi connectivity index (χ2v) is 11.7. The number of carbonyl (C=O) groups is 1. The molecule has 0 fully saturated rings. The molecule has 2 nitrogen and oxygen atoms in total. The molecule has 0 spiro atoms. The number of benzene rings is 7. The van der Waals surface area contributed by atoms with Crippen LogP contribution in [-0.4, -0.2) is 11.1 Å². The van der Waals surface area contributed by atoms with Crippen LogP contribution in [0.5, 0.6) is 0 Å². The first-order valence-electron chi connectivity index (χ1n) is 15.5. The highest BCUT2D eigenvalue weighted by atomic mass is 16.4. The van der Waals surface area contributed by atoms with E-state index in [0.717, 1.165) is 12.8 Å². The molecule has 0 bridgehead atoms. The second-order valence-electron chi connectivity index (χ2n) is 11.7. The van der Waals surface area contributed by atoms with E-state index in [1.807, 2.05) is 0 Å². The maximum absolute atomic E-state index is 10.3. The highest BCUT2D eigenvalue weighted by Gasteiger charge is 2.19. The Bertz CT molecular complexity index is 1450. The predicted octanol–water partition coefficient (Wildman–Crippen LogP) is 11.7. The van der Waals surface area contributed by atoms with E-state index in [9.17, 15) is 4.79 Å². The van der Waals surface area contributed by atoms with Crippen molar-refractivity contribution in [1.29, 1.82) is 0 Å². The maximum Gasteiger partial charge on any atom is 0.303 e. The van der Waals surface area contributed by atoms with E-state index in [4.69, 9.17) is 5.11 Å². The molecule has 7 aromatic rings. The number of carboxylic acid groups (broad SMARTS) is 1. The summed E-state index contributed by atoms with van der Waals surface area (Å²) in [7, 11) is 0. The quantitative estimate of drug-likeness (QED) is 0.0972. The normalized spacial score (nSPS) is 12.0. The Morgan fingerprint density at radius 3 is 0.875 bits per heavy atom. The third kappa shape index (κ3) is 5.01. The summed E-state index contributed by atoms with van der Waals surface area (Å²) in [5.41, 5.74) is 0. The lowest BCUT2D eigenvalue weighted by Gasteiger charge is -2.20. The van der Waals surface area contributed by atoms with E-state index < -0.39 is 5.97 Å². The fourth-order valence-corrected chi connectivity index (χ4v) is 6.83. The Balaban J connectivity index is 0.000000161. The topological polar surface area (TPSA) is 37.3 Å². The molecular formula is C38H40O2. The Morgan fingerprint density at radius 2 is 0.650 bits per heavy atom. The van der Waals surface area contributed by atoms with Crippen LogP contribution in [0, 0.1) is 0 Å². The smallest absolute Gasteiger partial charge is 0.303 e. The van der Waals surface area contributed by atoms with Gasteiger partial charge in [0, 0.05) is 6.42 Å². The summed E-state index contributed by atoms with van der Waals surface area (Å²) in [4.78, 5) is 10.3. The molecule has 0 aliphatic rings. The van der Waals surface area contributed by atoms with E-state index in [-0.39, 0.29) is 0 Å². The molecule has 0 aliphatic heterocycles. The van der Waals surface area contributed by atoms with Gasteiger partial charge in [0.15, 0.2) is 0 Å². The van der Waals surface area contributed by atoms with Gasteiger partial charge in [0.25, 0.3) is 0 Å². The number of carboxylic acids is 1. The van der Waals surface area contributed by atoms with Crippen molar-refractivity contribution in [2.75, 3.05) is 0 Å². The summed E-state index contributed by atoms with van der Waals surface area (Å²) < 4.78 is 0. The average Bonchev–Trinajstić information content (AvgIpc) is 2.98. The van der Waals surface area contributed by atoms with Gasteiger partial charge in [0.1, 0.15) is 0 Å². The van der Waals surface area contributed by atoms with Gasteiger partial charge in [-0.15, -0.1) is 0 Å². The van der Waals surface area contributed by atoms with Gasteiger partial charge in [-0.3, -0.25) is 4.79 Å². The molecule has 1 N–H and O–H groups in total. The summed E-state index contributed by atoms with van der Waals surface area (Å²) in [6.07, 6.45) is 14.4. The number of unbranched alkanes of at least 4 members (excludes halogenated alkanes) is 10. The summed E-state index contributed by atoms with van der Waals surface area (Å²) in [5, 5.41) is 25.2. The molecule has 0 atom stereocenters. The molecule has 7 aromatic carbocycles. The van der Waals surface area contributed by atoms with E-state index in [0.29, 0.717) is 6.42 Å². The van der Waals surface area contributed by atoms with Crippen LogP contribution in [-0.2, 0) is 4.79 Å². The van der Waals surface area contributed by atoms with Crippen LogP contribution in [0.25, 0.3) is 64.6 Å². The van der Waals surface area contributed by atoms with Crippen LogP contribution in [0.4, 0.5) is 0 Å². The van der Waals surface area contributed by atoms with E-state index >= 15 is 0 Å². The molecule has 0 saturated carbocycles. The summed E-state index contributed by atoms with van der Waals surface area (Å²) in [6, 6.07) is 27.3. The van der Waals surface area contributed by atoms with Crippen molar-refractivity contribution in [3.05, 3.63) is 72.8 Å². The molecule has 40 heavy (non-hydrogen) atoms. The molecular weight excluding hydrogens is 488 g/mol. The van der Waals surface area contributed by atoms with Crippen LogP contribution in [0.15, 0.2) is 72.8 Å². The van der Waals surface area contributed by atoms with Crippen molar-refractivity contribution in [3.8, 4) is 0 Å². The highest BCUT2D eigenvalue weighted by molar-refractivity contribution is 6.44. The lowest BCUT2D eigenvalue weighted by Crippen LogP contribution is -1.93. The summed E-state index contributed by atoms with van der Waals surface area (Å²) in [6.45, 7) is 2.25. The van der Waals surface area contributed by atoms with Gasteiger partial charge in [0.05, 0.1) is 0 Å². The standard InChI is InChI=1S/C24H12.C14H28O2/c1-2-14-5-6-16-9-11-18-12-10-17-8-7-15-4-3-13(1)19-20(14)22(16)24(18)23(17)21(15)19;1-2-3-4-5-6-7-8-9-10-11-12-13-14(15)16/h1-12H;2-13H2,1H3,(H,15,16). The lowest BCUT2D eigenvalue weighted by atomic mass is 9.83. The van der Waals surface area contributed by atoms with Gasteiger partial charge in [-0.1, -0.05) is 144 Å². The van der Waals surface area contributed by atoms with Gasteiger partial charge in [0.2, 0.25) is 0 Å². The monoisotopic (exact) mass is 528 g/mol. The zero-order chi connectivity index (χ0) is 27.5. The second kappa shape index (κ2) is 11.8. The van der Waals surface area contributed by atoms with Gasteiger partial charge in [-0.25, -0.2) is 0 Å². The number of aliphatic carboxylic acids is 1. The largest absolute Gasteiger partial charge is 0.481 e. The van der Waals surface area contributed by atoms with Crippen molar-refractivity contribution >= 4 is 70.6 Å². The Kier molecular flexibility index (Phi) is 7.86. The zero-order valence-corrected chi connectivity index (χ0v) is 23.8.